The first-order valence-corrected chi connectivity index (χ1v) is 7.84. The summed E-state index contributed by atoms with van der Waals surface area (Å²) in [5.41, 5.74) is -0.424. The van der Waals surface area contributed by atoms with E-state index in [1.807, 2.05) is 0 Å². The standard InChI is InChI=1S/C16H32N2O2/c1-15(2,3)13-7-6-10-18(11-8-13)12-9-16(4,17-5)14(19)20/h13,17H,6-12H2,1-5H3,(H,19,20). The van der Waals surface area contributed by atoms with Crippen LogP contribution in [0.15, 0.2) is 0 Å². The number of carbonyl (C=O) groups is 1. The summed E-state index contributed by atoms with van der Waals surface area (Å²) in [5.74, 6) is 0.0186. The lowest BCUT2D eigenvalue weighted by atomic mass is 9.77. The van der Waals surface area contributed by atoms with Crippen molar-refractivity contribution in [3.05, 3.63) is 0 Å². The lowest BCUT2D eigenvalue weighted by Crippen LogP contribution is -2.49. The van der Waals surface area contributed by atoms with Gasteiger partial charge in [-0.15, -0.1) is 0 Å². The molecular weight excluding hydrogens is 252 g/mol. The zero-order valence-electron chi connectivity index (χ0n) is 13.8. The molecule has 2 unspecified atom stereocenters. The maximum Gasteiger partial charge on any atom is 0.323 e. The second-order valence-electron chi connectivity index (χ2n) is 7.47. The van der Waals surface area contributed by atoms with E-state index < -0.39 is 11.5 Å². The Morgan fingerprint density at radius 2 is 1.90 bits per heavy atom. The van der Waals surface area contributed by atoms with Gasteiger partial charge in [-0.05, 0) is 64.1 Å². The maximum atomic E-state index is 11.3. The van der Waals surface area contributed by atoms with Gasteiger partial charge < -0.3 is 15.3 Å². The molecule has 0 aromatic carbocycles. The Labute approximate surface area is 123 Å². The number of carboxylic acid groups (broad SMARTS) is 1. The number of hydrogen-bond acceptors (Lipinski definition) is 3. The van der Waals surface area contributed by atoms with Crippen molar-refractivity contribution in [1.82, 2.24) is 10.2 Å². The molecule has 4 heteroatoms. The van der Waals surface area contributed by atoms with E-state index in [4.69, 9.17) is 0 Å². The fourth-order valence-electron chi connectivity index (χ4n) is 2.97. The molecule has 0 spiro atoms. The zero-order chi connectivity index (χ0) is 15.4. The van der Waals surface area contributed by atoms with Gasteiger partial charge in [0.25, 0.3) is 0 Å². The topological polar surface area (TPSA) is 52.6 Å². The Hall–Kier alpha value is -0.610. The molecular formula is C16H32N2O2. The minimum Gasteiger partial charge on any atom is -0.480 e. The van der Waals surface area contributed by atoms with Crippen LogP contribution in [0.1, 0.15) is 53.4 Å². The quantitative estimate of drug-likeness (QED) is 0.815. The Kier molecular flexibility index (Phi) is 6.02. The molecule has 1 heterocycles. The van der Waals surface area contributed by atoms with Gasteiger partial charge in [-0.25, -0.2) is 0 Å². The Morgan fingerprint density at radius 3 is 2.40 bits per heavy atom. The molecule has 0 aliphatic carbocycles. The van der Waals surface area contributed by atoms with Gasteiger partial charge >= 0.3 is 5.97 Å². The molecule has 0 bridgehead atoms. The molecule has 2 atom stereocenters. The normalized spacial score (nSPS) is 24.9. The largest absolute Gasteiger partial charge is 0.480 e. The van der Waals surface area contributed by atoms with Crippen molar-refractivity contribution in [2.75, 3.05) is 26.7 Å². The van der Waals surface area contributed by atoms with Crippen LogP contribution < -0.4 is 5.32 Å². The fraction of sp³-hybridized carbons (Fsp3) is 0.938. The van der Waals surface area contributed by atoms with E-state index in [0.29, 0.717) is 11.8 Å². The van der Waals surface area contributed by atoms with E-state index in [0.717, 1.165) is 25.6 Å². The van der Waals surface area contributed by atoms with E-state index >= 15 is 0 Å². The summed E-state index contributed by atoms with van der Waals surface area (Å²) in [6, 6.07) is 0. The lowest BCUT2D eigenvalue weighted by Gasteiger charge is -2.30. The number of rotatable bonds is 5. The average Bonchev–Trinajstić information content (AvgIpc) is 2.60. The molecule has 20 heavy (non-hydrogen) atoms. The van der Waals surface area contributed by atoms with Crippen LogP contribution in [0.3, 0.4) is 0 Å². The molecule has 0 saturated carbocycles. The van der Waals surface area contributed by atoms with Crippen LogP contribution in [-0.2, 0) is 4.79 Å². The summed E-state index contributed by atoms with van der Waals surface area (Å²) >= 11 is 0. The van der Waals surface area contributed by atoms with Gasteiger partial charge in [-0.2, -0.15) is 0 Å². The third-order valence-electron chi connectivity index (χ3n) is 5.00. The fourth-order valence-corrected chi connectivity index (χ4v) is 2.97. The number of nitrogens with one attached hydrogen (secondary N) is 1. The van der Waals surface area contributed by atoms with Crippen molar-refractivity contribution in [2.24, 2.45) is 11.3 Å². The molecule has 1 saturated heterocycles. The Bertz CT molecular complexity index is 325. The summed E-state index contributed by atoms with van der Waals surface area (Å²) in [4.78, 5) is 13.7. The number of carboxylic acids is 1. The van der Waals surface area contributed by atoms with Crippen LogP contribution in [0.25, 0.3) is 0 Å². The molecule has 118 valence electrons. The van der Waals surface area contributed by atoms with Crippen LogP contribution in [0.5, 0.6) is 0 Å². The van der Waals surface area contributed by atoms with E-state index in [1.165, 1.54) is 19.3 Å². The lowest BCUT2D eigenvalue weighted by molar-refractivity contribution is -0.144. The minimum atomic E-state index is -0.810. The smallest absolute Gasteiger partial charge is 0.323 e. The van der Waals surface area contributed by atoms with E-state index in [-0.39, 0.29) is 0 Å². The molecule has 1 rings (SSSR count). The maximum absolute atomic E-state index is 11.3. The zero-order valence-corrected chi connectivity index (χ0v) is 13.8. The number of likely N-dealkylation sites (tertiary alicyclic amines) is 1. The van der Waals surface area contributed by atoms with Crippen molar-refractivity contribution in [3.8, 4) is 0 Å². The molecule has 4 nitrogen and oxygen atoms in total. The molecule has 0 radical (unpaired) electrons. The second kappa shape index (κ2) is 6.90. The second-order valence-corrected chi connectivity index (χ2v) is 7.47. The summed E-state index contributed by atoms with van der Waals surface area (Å²) in [6.45, 7) is 11.8. The van der Waals surface area contributed by atoms with Crippen LogP contribution >= 0.6 is 0 Å². The van der Waals surface area contributed by atoms with Crippen molar-refractivity contribution < 1.29 is 9.90 Å². The number of aliphatic carboxylic acids is 1. The predicted octanol–water partition coefficient (Wildman–Crippen LogP) is 2.59. The first-order chi connectivity index (χ1) is 9.19. The Morgan fingerprint density at radius 1 is 1.25 bits per heavy atom. The van der Waals surface area contributed by atoms with Gasteiger partial charge in [0.2, 0.25) is 0 Å². The van der Waals surface area contributed by atoms with Gasteiger partial charge in [0.1, 0.15) is 5.54 Å². The highest BCUT2D eigenvalue weighted by molar-refractivity contribution is 5.78. The van der Waals surface area contributed by atoms with Gasteiger partial charge in [0.05, 0.1) is 0 Å². The average molecular weight is 284 g/mol. The monoisotopic (exact) mass is 284 g/mol. The van der Waals surface area contributed by atoms with Gasteiger partial charge in [-0.3, -0.25) is 4.79 Å². The summed E-state index contributed by atoms with van der Waals surface area (Å²) < 4.78 is 0. The molecule has 0 amide bonds. The van der Waals surface area contributed by atoms with E-state index in [1.54, 1.807) is 14.0 Å². The molecule has 2 N–H and O–H groups in total. The van der Waals surface area contributed by atoms with Crippen LogP contribution in [0, 0.1) is 11.3 Å². The summed E-state index contributed by atoms with van der Waals surface area (Å²) in [6.07, 6.45) is 4.40. The van der Waals surface area contributed by atoms with Crippen molar-refractivity contribution in [3.63, 3.8) is 0 Å². The van der Waals surface area contributed by atoms with Gasteiger partial charge in [0.15, 0.2) is 0 Å². The highest BCUT2D eigenvalue weighted by atomic mass is 16.4. The SMILES string of the molecule is CNC(C)(CCN1CCCC(C(C)(C)C)CC1)C(=O)O. The third-order valence-corrected chi connectivity index (χ3v) is 5.00. The Balaban J connectivity index is 2.49. The summed E-state index contributed by atoms with van der Waals surface area (Å²) in [7, 11) is 1.73. The van der Waals surface area contributed by atoms with Crippen molar-refractivity contribution in [2.45, 2.75) is 58.9 Å². The predicted molar refractivity (Wildman–Crippen MR) is 83.0 cm³/mol. The molecule has 1 aliphatic heterocycles. The molecule has 1 aliphatic rings. The van der Waals surface area contributed by atoms with Crippen molar-refractivity contribution >= 4 is 5.97 Å². The number of likely N-dealkylation sites (N-methyl/N-ethyl adjacent to an activating group) is 1. The highest BCUT2D eigenvalue weighted by Gasteiger charge is 2.32. The van der Waals surface area contributed by atoms with Crippen LogP contribution in [-0.4, -0.2) is 48.2 Å². The highest BCUT2D eigenvalue weighted by Crippen LogP contribution is 2.34. The van der Waals surface area contributed by atoms with Crippen molar-refractivity contribution in [1.29, 1.82) is 0 Å². The number of nitrogens with zero attached hydrogens (tertiary/aromatic N) is 1. The molecule has 0 aromatic rings. The first kappa shape index (κ1) is 17.4. The molecule has 0 aromatic heterocycles. The third kappa shape index (κ3) is 4.74. The van der Waals surface area contributed by atoms with Crippen LogP contribution in [0.4, 0.5) is 0 Å². The van der Waals surface area contributed by atoms with E-state index in [9.17, 15) is 9.90 Å². The van der Waals surface area contributed by atoms with Gasteiger partial charge in [0, 0.05) is 6.54 Å². The van der Waals surface area contributed by atoms with Gasteiger partial charge in [-0.1, -0.05) is 20.8 Å². The first-order valence-electron chi connectivity index (χ1n) is 7.84. The van der Waals surface area contributed by atoms with E-state index in [2.05, 4.69) is 31.0 Å². The minimum absolute atomic E-state index is 0.385. The molecule has 1 fully saturated rings. The number of hydrogen-bond donors (Lipinski definition) is 2. The van der Waals surface area contributed by atoms with Crippen LogP contribution in [0.2, 0.25) is 0 Å². The summed E-state index contributed by atoms with van der Waals surface area (Å²) in [5, 5.41) is 12.2.